The molecule has 4 aliphatic heterocycles. The number of anilines is 3. The van der Waals surface area contributed by atoms with E-state index in [1.165, 1.54) is 24.8 Å². The van der Waals surface area contributed by atoms with E-state index in [9.17, 15) is 26.4 Å². The maximum absolute atomic E-state index is 12.9. The average molecular weight is 1070 g/mol. The van der Waals surface area contributed by atoms with Gasteiger partial charge in [0.25, 0.3) is 0 Å². The lowest BCUT2D eigenvalue weighted by Gasteiger charge is -2.48. The Morgan fingerprint density at radius 1 is 0.630 bits per heavy atom. The minimum absolute atomic E-state index is 0.0252. The van der Waals surface area contributed by atoms with Gasteiger partial charge in [0.15, 0.2) is 29.7 Å². The highest BCUT2D eigenvalue weighted by Gasteiger charge is 2.45. The Labute approximate surface area is 434 Å². The van der Waals surface area contributed by atoms with Gasteiger partial charge in [-0.15, -0.1) is 0 Å². The van der Waals surface area contributed by atoms with Crippen molar-refractivity contribution in [3.8, 4) is 11.8 Å². The van der Waals surface area contributed by atoms with Crippen LogP contribution in [0.1, 0.15) is 128 Å². The highest BCUT2D eigenvalue weighted by molar-refractivity contribution is 7.90. The van der Waals surface area contributed by atoms with Crippen LogP contribution in [0.25, 0.3) is 0 Å². The second-order valence-electron chi connectivity index (χ2n) is 21.2. The first-order valence-corrected chi connectivity index (χ1v) is 28.7. The molecule has 20 nitrogen and oxygen atoms in total. The van der Waals surface area contributed by atoms with Crippen LogP contribution in [-0.4, -0.2) is 129 Å². The number of aryl methyl sites for hydroxylation is 2. The fraction of sp³-hybridized carbons (Fsp3) is 0.600. The number of piperidine rings is 4. The molecule has 8 heterocycles. The number of nitrogens with one attached hydrogen (secondary N) is 1. The second kappa shape index (κ2) is 22.9. The summed E-state index contributed by atoms with van der Waals surface area (Å²) in [6.07, 6.45) is 13.7. The summed E-state index contributed by atoms with van der Waals surface area (Å²) in [4.78, 5) is 54.3. The molecule has 4 unspecified atom stereocenters. The van der Waals surface area contributed by atoms with Crippen molar-refractivity contribution in [1.29, 1.82) is 0 Å². The van der Waals surface area contributed by atoms with Gasteiger partial charge in [0.2, 0.25) is 11.8 Å². The number of aromatic nitrogens is 6. The summed E-state index contributed by atoms with van der Waals surface area (Å²) in [6.45, 7) is 18.5. The van der Waals surface area contributed by atoms with Crippen LogP contribution in [0.15, 0.2) is 47.0 Å². The van der Waals surface area contributed by atoms with Crippen molar-refractivity contribution in [1.82, 2.24) is 39.7 Å². The van der Waals surface area contributed by atoms with Gasteiger partial charge in [-0.1, -0.05) is 11.6 Å². The number of halogens is 1. The maximum atomic E-state index is 12.9. The number of nitrogens with two attached hydrogens (primary N) is 1. The monoisotopic (exact) mass is 1070 g/mol. The van der Waals surface area contributed by atoms with Gasteiger partial charge in [-0.2, -0.15) is 0 Å². The molecule has 0 radical (unpaired) electrons. The number of sulfone groups is 2. The Morgan fingerprint density at radius 2 is 1.04 bits per heavy atom. The molecule has 0 aliphatic carbocycles. The van der Waals surface area contributed by atoms with E-state index in [1.807, 2.05) is 65.2 Å². The predicted octanol–water partition coefficient (Wildman–Crippen LogP) is 8.85. The summed E-state index contributed by atoms with van der Waals surface area (Å²) < 4.78 is 69.3. The molecule has 0 aromatic carbocycles. The predicted molar refractivity (Wildman–Crippen MR) is 277 cm³/mol. The molecule has 2 amide bonds. The number of hydrogen-bond acceptors (Lipinski definition) is 18. The topological polar surface area (TPSA) is 261 Å². The smallest absolute Gasteiger partial charge is 0.410 e. The van der Waals surface area contributed by atoms with Crippen molar-refractivity contribution >= 4 is 60.7 Å². The van der Waals surface area contributed by atoms with Crippen LogP contribution in [0.2, 0.25) is 5.15 Å². The van der Waals surface area contributed by atoms with Gasteiger partial charge in [-0.25, -0.2) is 56.3 Å². The summed E-state index contributed by atoms with van der Waals surface area (Å²) in [7, 11) is -6.60. The average Bonchev–Trinajstić information content (AvgIpc) is 3.26. The van der Waals surface area contributed by atoms with Crippen molar-refractivity contribution in [3.63, 3.8) is 0 Å². The summed E-state index contributed by atoms with van der Waals surface area (Å²) in [5, 5.41) is 3.73. The largest absolute Gasteiger partial charge is 0.474 e. The van der Waals surface area contributed by atoms with Crippen LogP contribution < -0.4 is 20.5 Å². The van der Waals surface area contributed by atoms with E-state index >= 15 is 0 Å². The van der Waals surface area contributed by atoms with Crippen LogP contribution >= 0.6 is 11.6 Å². The Hall–Kier alpha value is -5.61. The molecule has 0 spiro atoms. The highest BCUT2D eigenvalue weighted by Crippen LogP contribution is 2.39. The van der Waals surface area contributed by atoms with Crippen LogP contribution in [-0.2, 0) is 29.1 Å². The Balaban J connectivity index is 0.000000202. The number of rotatable bonds is 8. The molecule has 8 rings (SSSR count). The number of hydrogen-bond donors (Lipinski definition) is 2. The first kappa shape index (κ1) is 56.7. The molecule has 73 heavy (non-hydrogen) atoms. The zero-order valence-corrected chi connectivity index (χ0v) is 46.3. The molecular formula is C50H71ClN10O10S2. The maximum Gasteiger partial charge on any atom is 0.410 e. The Bertz CT molecular complexity index is 2840. The second-order valence-corrected chi connectivity index (χ2v) is 25.5. The minimum atomic E-state index is -3.39. The van der Waals surface area contributed by atoms with Gasteiger partial charge in [0.05, 0.1) is 28.3 Å². The van der Waals surface area contributed by atoms with Crippen LogP contribution in [0, 0.1) is 27.7 Å². The number of carbonyl (C=O) groups is 2. The molecule has 0 saturated carbocycles. The van der Waals surface area contributed by atoms with Gasteiger partial charge in [0, 0.05) is 67.9 Å². The number of ether oxygens (including phenoxy) is 4. The summed E-state index contributed by atoms with van der Waals surface area (Å²) in [5.74, 6) is 1.58. The number of amides is 2. The molecule has 4 aliphatic rings. The van der Waals surface area contributed by atoms with E-state index in [0.717, 1.165) is 87.8 Å². The molecule has 23 heteroatoms. The molecule has 4 fully saturated rings. The summed E-state index contributed by atoms with van der Waals surface area (Å²) in [6, 6.07) is 6.56. The number of carbonyl (C=O) groups excluding carboxylic acids is 2. The zero-order valence-electron chi connectivity index (χ0n) is 43.9. The lowest BCUT2D eigenvalue weighted by molar-refractivity contribution is -0.0423. The molecule has 3 N–H and O–H groups in total. The van der Waals surface area contributed by atoms with Crippen molar-refractivity contribution in [2.24, 2.45) is 0 Å². The van der Waals surface area contributed by atoms with Crippen LogP contribution in [0.4, 0.5) is 26.8 Å². The lowest BCUT2D eigenvalue weighted by Crippen LogP contribution is -2.57. The van der Waals surface area contributed by atoms with E-state index in [-0.39, 0.29) is 58.6 Å². The minimum Gasteiger partial charge on any atom is -0.474 e. The lowest BCUT2D eigenvalue weighted by atomic mass is 9.83. The third-order valence-corrected chi connectivity index (χ3v) is 15.2. The van der Waals surface area contributed by atoms with Gasteiger partial charge in [-0.05, 0) is 132 Å². The molecule has 4 aromatic heterocycles. The van der Waals surface area contributed by atoms with Gasteiger partial charge in [0.1, 0.15) is 47.0 Å². The third kappa shape index (κ3) is 15.2. The SMILES string of the molecule is Cc1c(Cl)ncnc1OC1CC2CCCC(C1)N2C(=O)OC(C)(C)C.Cc1nc(S(C)(=O)=O)ccc1N.Cc1nc(S(C)(=O)=O)ccc1Nc1ncnc(OC2CC3CCCC(C2)N3C(=O)OC(C)(C)C)c1C. The Kier molecular flexibility index (Phi) is 17.8. The van der Waals surface area contributed by atoms with Crippen molar-refractivity contribution in [2.75, 3.05) is 23.6 Å². The van der Waals surface area contributed by atoms with Gasteiger partial charge in [-0.3, -0.25) is 0 Å². The Morgan fingerprint density at radius 3 is 1.45 bits per heavy atom. The fourth-order valence-corrected chi connectivity index (χ4v) is 10.7. The fourth-order valence-electron chi connectivity index (χ4n) is 9.37. The molecule has 4 saturated heterocycles. The van der Waals surface area contributed by atoms with Crippen molar-refractivity contribution < 1.29 is 45.4 Å². The molecule has 4 bridgehead atoms. The van der Waals surface area contributed by atoms with E-state index < -0.39 is 30.9 Å². The number of nitrogen functional groups attached to an aromatic ring is 1. The van der Waals surface area contributed by atoms with Gasteiger partial charge >= 0.3 is 12.2 Å². The third-order valence-electron chi connectivity index (χ3n) is 12.8. The van der Waals surface area contributed by atoms with E-state index in [2.05, 4.69) is 35.2 Å². The quantitative estimate of drug-likeness (QED) is 0.156. The number of fused-ring (bicyclic) bond motifs is 4. The van der Waals surface area contributed by atoms with Crippen molar-refractivity contribution in [2.45, 2.75) is 191 Å². The molecule has 4 aromatic rings. The van der Waals surface area contributed by atoms with Crippen LogP contribution in [0.5, 0.6) is 11.8 Å². The van der Waals surface area contributed by atoms with E-state index in [1.54, 1.807) is 26.0 Å². The molecule has 4 atom stereocenters. The highest BCUT2D eigenvalue weighted by atomic mass is 35.5. The van der Waals surface area contributed by atoms with E-state index in [4.69, 9.17) is 36.3 Å². The first-order valence-electron chi connectivity index (χ1n) is 24.5. The summed E-state index contributed by atoms with van der Waals surface area (Å²) >= 11 is 6.05. The number of pyridine rings is 2. The molecular weight excluding hydrogens is 1000 g/mol. The summed E-state index contributed by atoms with van der Waals surface area (Å²) in [5.41, 5.74) is 8.19. The first-order chi connectivity index (χ1) is 34.0. The number of nitrogens with zero attached hydrogens (tertiary/aromatic N) is 8. The van der Waals surface area contributed by atoms with E-state index in [0.29, 0.717) is 45.5 Å². The zero-order chi connectivity index (χ0) is 53.8. The standard InChI is InChI=1S/C25H35N5O5S.C18H26ClN3O3.C7H10N2O2S/c1-15-22(29-20-10-11-21(28-16(20)2)36(6,32)33)26-14-27-23(15)34-19-12-17-8-7-9-18(13-19)30(17)24(31)35-25(3,4)5;1-11-15(19)20-10-21-16(11)24-14-8-12-6-5-7-13(9-14)22(12)17(23)25-18(2,3)4;1-5-6(8)3-4-7(9-5)12(2,10)11/h10-11,14,17-19H,7-9,12-13H2,1-6H3,(H,26,27,29);10,12-14H,5-9H2,1-4H3;3-4H,8H2,1-2H3. The van der Waals surface area contributed by atoms with Crippen LogP contribution in [0.3, 0.4) is 0 Å². The van der Waals surface area contributed by atoms with Gasteiger partial charge < -0.3 is 39.8 Å². The normalized spacial score (nSPS) is 21.8. The van der Waals surface area contributed by atoms with Crippen molar-refractivity contribution in [3.05, 3.63) is 64.6 Å². The molecule has 400 valence electrons.